The lowest BCUT2D eigenvalue weighted by molar-refractivity contribution is 0.102. The molecule has 0 unspecified atom stereocenters. The summed E-state index contributed by atoms with van der Waals surface area (Å²) in [4.78, 5) is 14.2. The zero-order chi connectivity index (χ0) is 12.4. The molecular formula is C12H15N3OS. The van der Waals surface area contributed by atoms with Gasteiger partial charge in [0.2, 0.25) is 0 Å². The first-order chi connectivity index (χ1) is 8.11. The van der Waals surface area contributed by atoms with Crippen LogP contribution in [0.2, 0.25) is 0 Å². The van der Waals surface area contributed by atoms with E-state index in [0.29, 0.717) is 5.82 Å². The maximum Gasteiger partial charge on any atom is 0.257 e. The number of anilines is 1. The van der Waals surface area contributed by atoms with Gasteiger partial charge in [0.25, 0.3) is 5.91 Å². The Hall–Kier alpha value is -1.62. The quantitative estimate of drug-likeness (QED) is 0.878. The van der Waals surface area contributed by atoms with Crippen molar-refractivity contribution in [1.82, 2.24) is 10.2 Å². The largest absolute Gasteiger partial charge is 0.307 e. The van der Waals surface area contributed by atoms with E-state index in [1.54, 1.807) is 17.5 Å². The number of hydrogen-bond donors (Lipinski definition) is 2. The number of nitrogens with one attached hydrogen (secondary N) is 2. The number of nitrogens with zero attached hydrogens (tertiary/aromatic N) is 1. The molecule has 2 N–H and O–H groups in total. The van der Waals surface area contributed by atoms with Crippen molar-refractivity contribution in [2.45, 2.75) is 27.2 Å². The number of aromatic amines is 1. The van der Waals surface area contributed by atoms with Crippen molar-refractivity contribution in [3.63, 3.8) is 0 Å². The van der Waals surface area contributed by atoms with E-state index >= 15 is 0 Å². The molecule has 0 atom stereocenters. The van der Waals surface area contributed by atoms with E-state index in [2.05, 4.69) is 15.5 Å². The number of amides is 1. The van der Waals surface area contributed by atoms with E-state index in [1.165, 1.54) is 0 Å². The Kier molecular flexibility index (Phi) is 3.28. The molecule has 0 aromatic carbocycles. The molecule has 1 amide bonds. The fourth-order valence-corrected chi connectivity index (χ4v) is 2.65. The number of rotatable bonds is 3. The van der Waals surface area contributed by atoms with Gasteiger partial charge in [-0.15, -0.1) is 11.3 Å². The first-order valence-electron chi connectivity index (χ1n) is 5.52. The van der Waals surface area contributed by atoms with Crippen molar-refractivity contribution in [1.29, 1.82) is 0 Å². The normalized spacial score (nSPS) is 10.5. The van der Waals surface area contributed by atoms with Crippen LogP contribution in [0.1, 0.15) is 32.6 Å². The summed E-state index contributed by atoms with van der Waals surface area (Å²) < 4.78 is 0. The molecule has 5 heteroatoms. The summed E-state index contributed by atoms with van der Waals surface area (Å²) in [6.07, 6.45) is 2.58. The number of aryl methyl sites for hydroxylation is 3. The standard InChI is InChI=1S/C12H15N3OS/c1-4-9-6-13-15-11(9)14-12(16)10-5-7(2)17-8(10)3/h5-6H,4H2,1-3H3,(H2,13,14,15,16). The van der Waals surface area contributed by atoms with Gasteiger partial charge >= 0.3 is 0 Å². The molecule has 2 rings (SSSR count). The molecule has 2 heterocycles. The highest BCUT2D eigenvalue weighted by atomic mass is 32.1. The maximum absolute atomic E-state index is 12.1. The lowest BCUT2D eigenvalue weighted by Crippen LogP contribution is -2.13. The molecule has 17 heavy (non-hydrogen) atoms. The lowest BCUT2D eigenvalue weighted by atomic mass is 10.2. The number of thiophene rings is 1. The molecule has 0 aliphatic heterocycles. The number of aromatic nitrogens is 2. The molecular weight excluding hydrogens is 234 g/mol. The van der Waals surface area contributed by atoms with Gasteiger partial charge in [-0.05, 0) is 26.3 Å². The third kappa shape index (κ3) is 2.39. The van der Waals surface area contributed by atoms with Crippen LogP contribution in [-0.2, 0) is 6.42 Å². The average Bonchev–Trinajstić information content (AvgIpc) is 2.84. The molecule has 0 aliphatic carbocycles. The Morgan fingerprint density at radius 3 is 2.88 bits per heavy atom. The fourth-order valence-electron chi connectivity index (χ4n) is 1.72. The van der Waals surface area contributed by atoms with Crippen LogP contribution < -0.4 is 5.32 Å². The van der Waals surface area contributed by atoms with Crippen molar-refractivity contribution in [2.75, 3.05) is 5.32 Å². The maximum atomic E-state index is 12.1. The van der Waals surface area contributed by atoms with Crippen LogP contribution in [0.5, 0.6) is 0 Å². The minimum atomic E-state index is -0.0780. The predicted octanol–water partition coefficient (Wildman–Crippen LogP) is 2.90. The molecule has 0 radical (unpaired) electrons. The molecule has 0 fully saturated rings. The van der Waals surface area contributed by atoms with Gasteiger partial charge in [0, 0.05) is 15.3 Å². The van der Waals surface area contributed by atoms with Crippen LogP contribution in [0.15, 0.2) is 12.3 Å². The third-order valence-electron chi connectivity index (χ3n) is 2.62. The summed E-state index contributed by atoms with van der Waals surface area (Å²) in [6, 6.07) is 1.91. The molecule has 0 spiro atoms. The highest BCUT2D eigenvalue weighted by molar-refractivity contribution is 7.12. The molecule has 0 saturated carbocycles. The second-order valence-corrected chi connectivity index (χ2v) is 5.37. The molecule has 0 aliphatic rings. The van der Waals surface area contributed by atoms with Crippen LogP contribution >= 0.6 is 11.3 Å². The van der Waals surface area contributed by atoms with Gasteiger partial charge in [-0.3, -0.25) is 9.89 Å². The van der Waals surface area contributed by atoms with Crippen LogP contribution in [-0.4, -0.2) is 16.1 Å². The first-order valence-corrected chi connectivity index (χ1v) is 6.34. The van der Waals surface area contributed by atoms with E-state index < -0.39 is 0 Å². The van der Waals surface area contributed by atoms with Crippen LogP contribution in [0, 0.1) is 13.8 Å². The van der Waals surface area contributed by atoms with Gasteiger partial charge in [0.05, 0.1) is 11.8 Å². The zero-order valence-corrected chi connectivity index (χ0v) is 10.9. The Balaban J connectivity index is 2.20. The summed E-state index contributed by atoms with van der Waals surface area (Å²) in [5.41, 5.74) is 1.76. The van der Waals surface area contributed by atoms with Gasteiger partial charge in [-0.25, -0.2) is 0 Å². The van der Waals surface area contributed by atoms with E-state index in [-0.39, 0.29) is 5.91 Å². The number of carbonyl (C=O) groups excluding carboxylic acids is 1. The van der Waals surface area contributed by atoms with Gasteiger partial charge in [0.1, 0.15) is 5.82 Å². The van der Waals surface area contributed by atoms with Crippen molar-refractivity contribution >= 4 is 23.1 Å². The van der Waals surface area contributed by atoms with Gasteiger partial charge in [0.15, 0.2) is 0 Å². The van der Waals surface area contributed by atoms with E-state index in [4.69, 9.17) is 0 Å². The highest BCUT2D eigenvalue weighted by Crippen LogP contribution is 2.22. The average molecular weight is 249 g/mol. The topological polar surface area (TPSA) is 57.8 Å². The van der Waals surface area contributed by atoms with Crippen LogP contribution in [0.4, 0.5) is 5.82 Å². The predicted molar refractivity (Wildman–Crippen MR) is 69.7 cm³/mol. The summed E-state index contributed by atoms with van der Waals surface area (Å²) in [5.74, 6) is 0.617. The Morgan fingerprint density at radius 1 is 1.53 bits per heavy atom. The summed E-state index contributed by atoms with van der Waals surface area (Å²) in [5, 5.41) is 9.60. The molecule has 0 saturated heterocycles. The van der Waals surface area contributed by atoms with Crippen molar-refractivity contribution in [3.05, 3.63) is 33.1 Å². The molecule has 4 nitrogen and oxygen atoms in total. The van der Waals surface area contributed by atoms with E-state index in [9.17, 15) is 4.79 Å². The number of carbonyl (C=O) groups is 1. The Morgan fingerprint density at radius 2 is 2.29 bits per heavy atom. The second kappa shape index (κ2) is 4.71. The molecule has 0 bridgehead atoms. The van der Waals surface area contributed by atoms with E-state index in [1.807, 2.05) is 26.8 Å². The van der Waals surface area contributed by atoms with E-state index in [0.717, 1.165) is 27.3 Å². The summed E-state index contributed by atoms with van der Waals surface area (Å²) in [7, 11) is 0. The number of H-pyrrole nitrogens is 1. The fraction of sp³-hybridized carbons (Fsp3) is 0.333. The zero-order valence-electron chi connectivity index (χ0n) is 10.1. The van der Waals surface area contributed by atoms with Crippen molar-refractivity contribution < 1.29 is 4.79 Å². The van der Waals surface area contributed by atoms with Crippen LogP contribution in [0.25, 0.3) is 0 Å². The Labute approximate surface area is 104 Å². The smallest absolute Gasteiger partial charge is 0.257 e. The van der Waals surface area contributed by atoms with Gasteiger partial charge < -0.3 is 5.32 Å². The minimum Gasteiger partial charge on any atom is -0.307 e. The second-order valence-electron chi connectivity index (χ2n) is 3.90. The molecule has 2 aromatic heterocycles. The molecule has 90 valence electrons. The molecule has 2 aromatic rings. The number of hydrogen-bond acceptors (Lipinski definition) is 3. The summed E-state index contributed by atoms with van der Waals surface area (Å²) in [6.45, 7) is 5.99. The minimum absolute atomic E-state index is 0.0780. The third-order valence-corrected chi connectivity index (χ3v) is 3.59. The Bertz CT molecular complexity index is 542. The van der Waals surface area contributed by atoms with Crippen molar-refractivity contribution in [2.24, 2.45) is 0 Å². The SMILES string of the molecule is CCc1cn[nH]c1NC(=O)c1cc(C)sc1C. The summed E-state index contributed by atoms with van der Waals surface area (Å²) >= 11 is 1.63. The lowest BCUT2D eigenvalue weighted by Gasteiger charge is -2.03. The highest BCUT2D eigenvalue weighted by Gasteiger charge is 2.14. The monoisotopic (exact) mass is 249 g/mol. The first kappa shape index (κ1) is 11.9. The van der Waals surface area contributed by atoms with Gasteiger partial charge in [-0.1, -0.05) is 6.92 Å². The van der Waals surface area contributed by atoms with Gasteiger partial charge in [-0.2, -0.15) is 5.10 Å². The van der Waals surface area contributed by atoms with Crippen LogP contribution in [0.3, 0.4) is 0 Å². The van der Waals surface area contributed by atoms with Crippen molar-refractivity contribution in [3.8, 4) is 0 Å².